The van der Waals surface area contributed by atoms with Gasteiger partial charge in [0.05, 0.1) is 23.0 Å². The first-order valence-electron chi connectivity index (χ1n) is 7.15. The van der Waals surface area contributed by atoms with Crippen LogP contribution in [0.4, 0.5) is 0 Å². The minimum atomic E-state index is -3.87. The first kappa shape index (κ1) is 15.6. The quantitative estimate of drug-likeness (QED) is 0.840. The van der Waals surface area contributed by atoms with Crippen molar-refractivity contribution in [1.82, 2.24) is 19.3 Å². The normalized spacial score (nSPS) is 16.4. The summed E-state index contributed by atoms with van der Waals surface area (Å²) in [6.45, 7) is 1.75. The molecule has 1 heterocycles. The second-order valence-electron chi connectivity index (χ2n) is 5.35. The third-order valence-electron chi connectivity index (χ3n) is 4.00. The van der Waals surface area contributed by atoms with E-state index in [2.05, 4.69) is 10.3 Å². The summed E-state index contributed by atoms with van der Waals surface area (Å²) in [4.78, 5) is 11.5. The lowest BCUT2D eigenvalue weighted by molar-refractivity contribution is -0.143. The van der Waals surface area contributed by atoms with E-state index in [-0.39, 0.29) is 11.4 Å². The molecule has 1 fully saturated rings. The molecular weight excluding hydrogens is 320 g/mol. The van der Waals surface area contributed by atoms with E-state index >= 15 is 0 Å². The Labute approximate surface area is 133 Å². The van der Waals surface area contributed by atoms with Crippen molar-refractivity contribution in [3.05, 3.63) is 36.7 Å². The molecule has 9 heteroatoms. The third-order valence-corrected chi connectivity index (χ3v) is 6.05. The van der Waals surface area contributed by atoms with Crippen molar-refractivity contribution >= 4 is 16.0 Å². The zero-order chi connectivity index (χ0) is 16.7. The number of carboxylic acid groups (broad SMARTS) is 1. The van der Waals surface area contributed by atoms with Crippen molar-refractivity contribution in [2.75, 3.05) is 6.54 Å². The molecule has 0 radical (unpaired) electrons. The summed E-state index contributed by atoms with van der Waals surface area (Å²) in [5.74, 6) is -1.10. The smallest absolute Gasteiger partial charge is 0.325 e. The Bertz CT molecular complexity index is 811. The van der Waals surface area contributed by atoms with Crippen LogP contribution in [0.3, 0.4) is 0 Å². The van der Waals surface area contributed by atoms with Gasteiger partial charge in [-0.2, -0.15) is 4.31 Å². The number of likely N-dealkylation sites (N-methyl/N-ethyl adjacent to an activating group) is 1. The second-order valence-corrected chi connectivity index (χ2v) is 7.21. The molecule has 0 unspecified atom stereocenters. The first-order valence-corrected chi connectivity index (χ1v) is 8.59. The Hall–Kier alpha value is -2.26. The Morgan fingerprint density at radius 2 is 2.00 bits per heavy atom. The molecule has 1 aliphatic carbocycles. The monoisotopic (exact) mass is 336 g/mol. The Morgan fingerprint density at radius 1 is 1.35 bits per heavy atom. The van der Waals surface area contributed by atoms with E-state index < -0.39 is 21.5 Å². The van der Waals surface area contributed by atoms with Crippen molar-refractivity contribution in [1.29, 1.82) is 0 Å². The molecule has 1 aliphatic rings. The summed E-state index contributed by atoms with van der Waals surface area (Å²) in [5, 5.41) is 16.9. The third kappa shape index (κ3) is 2.51. The van der Waals surface area contributed by atoms with E-state index in [1.165, 1.54) is 23.0 Å². The molecule has 1 aromatic heterocycles. The van der Waals surface area contributed by atoms with Crippen LogP contribution in [0.25, 0.3) is 5.69 Å². The van der Waals surface area contributed by atoms with Crippen LogP contribution in [0.2, 0.25) is 0 Å². The summed E-state index contributed by atoms with van der Waals surface area (Å²) in [7, 11) is -3.87. The van der Waals surface area contributed by atoms with Crippen LogP contribution in [0.15, 0.2) is 41.6 Å². The lowest BCUT2D eigenvalue weighted by Crippen LogP contribution is -2.47. The van der Waals surface area contributed by atoms with Crippen molar-refractivity contribution in [2.45, 2.75) is 30.2 Å². The van der Waals surface area contributed by atoms with Gasteiger partial charge in [-0.05, 0) is 37.1 Å². The zero-order valence-corrected chi connectivity index (χ0v) is 13.3. The fourth-order valence-corrected chi connectivity index (χ4v) is 4.43. The Balaban J connectivity index is 1.95. The van der Waals surface area contributed by atoms with Gasteiger partial charge in [0, 0.05) is 6.54 Å². The van der Waals surface area contributed by atoms with Gasteiger partial charge in [0.1, 0.15) is 5.54 Å². The minimum absolute atomic E-state index is 0.0655. The maximum Gasteiger partial charge on any atom is 0.325 e. The van der Waals surface area contributed by atoms with Crippen LogP contribution in [-0.2, 0) is 14.8 Å². The maximum atomic E-state index is 12.8. The highest BCUT2D eigenvalue weighted by Gasteiger charge is 2.58. The van der Waals surface area contributed by atoms with Gasteiger partial charge >= 0.3 is 5.97 Å². The topological polar surface area (TPSA) is 105 Å². The molecule has 0 atom stereocenters. The molecule has 122 valence electrons. The number of benzene rings is 1. The van der Waals surface area contributed by atoms with Crippen molar-refractivity contribution in [3.8, 4) is 5.69 Å². The summed E-state index contributed by atoms with van der Waals surface area (Å²) in [6, 6.07) is 6.12. The molecule has 1 saturated carbocycles. The molecule has 2 aromatic rings. The number of nitrogens with zero attached hydrogens (tertiary/aromatic N) is 4. The number of aliphatic carboxylic acids is 1. The molecule has 0 spiro atoms. The van der Waals surface area contributed by atoms with Gasteiger partial charge in [0.25, 0.3) is 0 Å². The van der Waals surface area contributed by atoms with Crippen molar-refractivity contribution in [3.63, 3.8) is 0 Å². The number of carboxylic acids is 1. The number of aromatic nitrogens is 3. The number of hydrogen-bond acceptors (Lipinski definition) is 5. The van der Waals surface area contributed by atoms with Gasteiger partial charge in [0.15, 0.2) is 0 Å². The highest BCUT2D eigenvalue weighted by molar-refractivity contribution is 7.89. The predicted molar refractivity (Wildman–Crippen MR) is 80.5 cm³/mol. The van der Waals surface area contributed by atoms with Crippen LogP contribution in [0.1, 0.15) is 19.8 Å². The minimum Gasteiger partial charge on any atom is -0.480 e. The van der Waals surface area contributed by atoms with E-state index in [4.69, 9.17) is 0 Å². The number of sulfonamides is 1. The largest absolute Gasteiger partial charge is 0.480 e. The first-order chi connectivity index (χ1) is 10.9. The fraction of sp³-hybridized carbons (Fsp3) is 0.357. The number of rotatable bonds is 6. The predicted octanol–water partition coefficient (Wildman–Crippen LogP) is 0.895. The number of carbonyl (C=O) groups is 1. The van der Waals surface area contributed by atoms with Gasteiger partial charge in [-0.1, -0.05) is 12.1 Å². The lowest BCUT2D eigenvalue weighted by Gasteiger charge is -2.26. The molecular formula is C14H16N4O4S. The fourth-order valence-electron chi connectivity index (χ4n) is 2.64. The van der Waals surface area contributed by atoms with Gasteiger partial charge in [-0.3, -0.25) is 4.79 Å². The summed E-state index contributed by atoms with van der Waals surface area (Å²) >= 11 is 0. The molecule has 1 aromatic carbocycles. The van der Waals surface area contributed by atoms with Crippen LogP contribution < -0.4 is 0 Å². The zero-order valence-electron chi connectivity index (χ0n) is 12.5. The van der Waals surface area contributed by atoms with E-state index in [1.807, 2.05) is 0 Å². The summed E-state index contributed by atoms with van der Waals surface area (Å²) < 4.78 is 28.1. The van der Waals surface area contributed by atoms with Gasteiger partial charge in [-0.25, -0.2) is 13.1 Å². The molecule has 0 aliphatic heterocycles. The van der Waals surface area contributed by atoms with Crippen molar-refractivity contribution in [2.24, 2.45) is 0 Å². The van der Waals surface area contributed by atoms with Crippen LogP contribution in [-0.4, -0.2) is 50.9 Å². The molecule has 1 N–H and O–H groups in total. The summed E-state index contributed by atoms with van der Waals surface area (Å²) in [6.07, 6.45) is 3.84. The van der Waals surface area contributed by atoms with Crippen molar-refractivity contribution < 1.29 is 18.3 Å². The van der Waals surface area contributed by atoms with Gasteiger partial charge < -0.3 is 5.11 Å². The Kier molecular flexibility index (Phi) is 3.69. The molecule has 0 amide bonds. The van der Waals surface area contributed by atoms with Crippen LogP contribution >= 0.6 is 0 Å². The van der Waals surface area contributed by atoms with Gasteiger partial charge in [-0.15, -0.1) is 5.10 Å². The van der Waals surface area contributed by atoms with Gasteiger partial charge in [0.2, 0.25) is 10.0 Å². The highest BCUT2D eigenvalue weighted by atomic mass is 32.2. The van der Waals surface area contributed by atoms with Crippen LogP contribution in [0.5, 0.6) is 0 Å². The summed E-state index contributed by atoms with van der Waals surface area (Å²) in [5.41, 5.74) is -0.623. The molecule has 0 saturated heterocycles. The van der Waals surface area contributed by atoms with E-state index in [9.17, 15) is 18.3 Å². The Morgan fingerprint density at radius 3 is 2.43 bits per heavy atom. The molecule has 3 rings (SSSR count). The average Bonchev–Trinajstić information content (AvgIpc) is 3.13. The highest BCUT2D eigenvalue weighted by Crippen LogP contribution is 2.44. The average molecular weight is 336 g/mol. The van der Waals surface area contributed by atoms with Crippen LogP contribution in [0, 0.1) is 0 Å². The molecule has 0 bridgehead atoms. The number of hydrogen-bond donors (Lipinski definition) is 1. The van der Waals surface area contributed by atoms with E-state index in [0.29, 0.717) is 18.5 Å². The van der Waals surface area contributed by atoms with E-state index in [0.717, 1.165) is 4.31 Å². The SMILES string of the molecule is CCN(C1(C(=O)O)CC1)S(=O)(=O)c1ccc(-n2ccnn2)cc1. The van der Waals surface area contributed by atoms with E-state index in [1.54, 1.807) is 25.3 Å². The maximum absolute atomic E-state index is 12.8. The molecule has 8 nitrogen and oxygen atoms in total. The standard InChI is InChI=1S/C14H16N4O4S/c1-2-18(14(7-8-14)13(19)20)23(21,22)12-5-3-11(4-6-12)17-10-9-15-16-17/h3-6,9-10H,2,7-8H2,1H3,(H,19,20). The lowest BCUT2D eigenvalue weighted by atomic mass is 10.3. The second kappa shape index (κ2) is 5.43. The molecule has 23 heavy (non-hydrogen) atoms.